The van der Waals surface area contributed by atoms with Crippen molar-refractivity contribution in [3.8, 4) is 0 Å². The topological polar surface area (TPSA) is 43.8 Å². The van der Waals surface area contributed by atoms with Crippen LogP contribution in [0.2, 0.25) is 0 Å². The average molecular weight is 251 g/mol. The Morgan fingerprint density at radius 2 is 1.84 bits per heavy atom. The largest absolute Gasteiger partial charge is 0.326 e. The monoisotopic (exact) mass is 251 g/mol. The third-order valence-electron chi connectivity index (χ3n) is 3.40. The highest BCUT2D eigenvalue weighted by molar-refractivity contribution is 5.79. The van der Waals surface area contributed by atoms with Crippen molar-refractivity contribution >= 4 is 10.9 Å². The minimum Gasteiger partial charge on any atom is -0.326 e. The van der Waals surface area contributed by atoms with Crippen molar-refractivity contribution in [2.24, 2.45) is 5.73 Å². The molecular formula is C16H17N3. The standard InChI is InChI=1S/C16H17N3/c17-11-14-6-7-15-12-18-19(16(15)10-14)9-8-13-4-2-1-3-5-13/h1-7,10,12H,8-9,11,17H2. The van der Waals surface area contributed by atoms with E-state index in [0.29, 0.717) is 6.54 Å². The second-order valence-corrected chi connectivity index (χ2v) is 4.70. The van der Waals surface area contributed by atoms with Crippen LogP contribution in [-0.2, 0) is 19.5 Å². The van der Waals surface area contributed by atoms with Gasteiger partial charge in [-0.25, -0.2) is 0 Å². The maximum absolute atomic E-state index is 5.70. The Bertz CT molecular complexity index is 671. The van der Waals surface area contributed by atoms with E-state index in [9.17, 15) is 0 Å². The fraction of sp³-hybridized carbons (Fsp3) is 0.188. The SMILES string of the molecule is NCc1ccc2cnn(CCc3ccccc3)c2c1. The lowest BCUT2D eigenvalue weighted by Gasteiger charge is -2.05. The van der Waals surface area contributed by atoms with Crippen LogP contribution in [0, 0.1) is 0 Å². The predicted octanol–water partition coefficient (Wildman–Crippen LogP) is 2.74. The molecule has 0 saturated carbocycles. The second-order valence-electron chi connectivity index (χ2n) is 4.70. The fourth-order valence-corrected chi connectivity index (χ4v) is 2.30. The molecule has 3 heteroatoms. The molecule has 0 aliphatic rings. The summed E-state index contributed by atoms with van der Waals surface area (Å²) in [7, 11) is 0. The van der Waals surface area contributed by atoms with E-state index in [-0.39, 0.29) is 0 Å². The highest BCUT2D eigenvalue weighted by Gasteiger charge is 2.03. The van der Waals surface area contributed by atoms with Crippen LogP contribution in [-0.4, -0.2) is 9.78 Å². The van der Waals surface area contributed by atoms with Gasteiger partial charge >= 0.3 is 0 Å². The van der Waals surface area contributed by atoms with Crippen LogP contribution in [0.15, 0.2) is 54.7 Å². The van der Waals surface area contributed by atoms with Crippen molar-refractivity contribution in [3.63, 3.8) is 0 Å². The zero-order valence-electron chi connectivity index (χ0n) is 10.8. The molecule has 0 bridgehead atoms. The quantitative estimate of drug-likeness (QED) is 0.775. The Kier molecular flexibility index (Phi) is 3.29. The van der Waals surface area contributed by atoms with Gasteiger partial charge < -0.3 is 5.73 Å². The van der Waals surface area contributed by atoms with Gasteiger partial charge in [0.05, 0.1) is 11.7 Å². The lowest BCUT2D eigenvalue weighted by molar-refractivity contribution is 0.635. The fourth-order valence-electron chi connectivity index (χ4n) is 2.30. The molecule has 3 rings (SSSR count). The molecule has 96 valence electrons. The lowest BCUT2D eigenvalue weighted by atomic mass is 10.1. The van der Waals surface area contributed by atoms with Gasteiger partial charge in [0, 0.05) is 18.5 Å². The number of hydrogen-bond donors (Lipinski definition) is 1. The molecular weight excluding hydrogens is 234 g/mol. The third kappa shape index (κ3) is 2.51. The van der Waals surface area contributed by atoms with Crippen molar-refractivity contribution in [2.45, 2.75) is 19.5 Å². The number of aryl methyl sites for hydroxylation is 2. The van der Waals surface area contributed by atoms with Crippen LogP contribution in [0.3, 0.4) is 0 Å². The van der Waals surface area contributed by atoms with Gasteiger partial charge in [-0.05, 0) is 23.6 Å². The first-order chi connectivity index (χ1) is 9.36. The molecule has 1 heterocycles. The highest BCUT2D eigenvalue weighted by atomic mass is 15.3. The molecule has 0 radical (unpaired) electrons. The van der Waals surface area contributed by atoms with Gasteiger partial charge in [-0.3, -0.25) is 4.68 Å². The van der Waals surface area contributed by atoms with E-state index in [2.05, 4.69) is 52.2 Å². The Hall–Kier alpha value is -2.13. The number of nitrogens with two attached hydrogens (primary N) is 1. The maximum Gasteiger partial charge on any atom is 0.0685 e. The Morgan fingerprint density at radius 1 is 1.00 bits per heavy atom. The van der Waals surface area contributed by atoms with Gasteiger partial charge in [0.2, 0.25) is 0 Å². The minimum atomic E-state index is 0.569. The zero-order chi connectivity index (χ0) is 13.1. The molecule has 0 atom stereocenters. The van der Waals surface area contributed by atoms with Gasteiger partial charge in [0.1, 0.15) is 0 Å². The summed E-state index contributed by atoms with van der Waals surface area (Å²) in [5.41, 5.74) is 9.34. The van der Waals surface area contributed by atoms with Gasteiger partial charge in [-0.15, -0.1) is 0 Å². The zero-order valence-corrected chi connectivity index (χ0v) is 10.8. The molecule has 1 aromatic heterocycles. The Morgan fingerprint density at radius 3 is 2.63 bits per heavy atom. The summed E-state index contributed by atoms with van der Waals surface area (Å²) in [5, 5.41) is 5.63. The van der Waals surface area contributed by atoms with Crippen LogP contribution < -0.4 is 5.73 Å². The van der Waals surface area contributed by atoms with E-state index in [1.165, 1.54) is 16.5 Å². The summed E-state index contributed by atoms with van der Waals surface area (Å²) in [6, 6.07) is 16.8. The van der Waals surface area contributed by atoms with Crippen LogP contribution in [0.4, 0.5) is 0 Å². The van der Waals surface area contributed by atoms with Crippen molar-refractivity contribution in [1.29, 1.82) is 0 Å². The van der Waals surface area contributed by atoms with Crippen LogP contribution in [0.5, 0.6) is 0 Å². The summed E-state index contributed by atoms with van der Waals surface area (Å²) in [4.78, 5) is 0. The number of aromatic nitrogens is 2. The van der Waals surface area contributed by atoms with E-state index in [0.717, 1.165) is 18.5 Å². The summed E-state index contributed by atoms with van der Waals surface area (Å²) in [6.07, 6.45) is 2.91. The summed E-state index contributed by atoms with van der Waals surface area (Å²) in [5.74, 6) is 0. The van der Waals surface area contributed by atoms with Crippen molar-refractivity contribution in [1.82, 2.24) is 9.78 Å². The minimum absolute atomic E-state index is 0.569. The van der Waals surface area contributed by atoms with E-state index in [1.54, 1.807) is 0 Å². The van der Waals surface area contributed by atoms with E-state index in [4.69, 9.17) is 5.73 Å². The van der Waals surface area contributed by atoms with Gasteiger partial charge in [-0.2, -0.15) is 5.10 Å². The lowest BCUT2D eigenvalue weighted by Crippen LogP contribution is -2.03. The van der Waals surface area contributed by atoms with Gasteiger partial charge in [0.25, 0.3) is 0 Å². The van der Waals surface area contributed by atoms with Crippen molar-refractivity contribution in [2.75, 3.05) is 0 Å². The number of hydrogen-bond acceptors (Lipinski definition) is 2. The molecule has 2 N–H and O–H groups in total. The predicted molar refractivity (Wildman–Crippen MR) is 77.8 cm³/mol. The first kappa shape index (κ1) is 11.9. The average Bonchev–Trinajstić information content (AvgIpc) is 2.88. The number of fused-ring (bicyclic) bond motifs is 1. The molecule has 3 nitrogen and oxygen atoms in total. The first-order valence-electron chi connectivity index (χ1n) is 6.55. The van der Waals surface area contributed by atoms with Crippen LogP contribution >= 0.6 is 0 Å². The molecule has 0 spiro atoms. The Balaban J connectivity index is 1.84. The molecule has 0 unspecified atom stereocenters. The molecule has 0 aliphatic heterocycles. The summed E-state index contributed by atoms with van der Waals surface area (Å²) < 4.78 is 2.06. The highest BCUT2D eigenvalue weighted by Crippen LogP contribution is 2.16. The molecule has 0 aliphatic carbocycles. The summed E-state index contributed by atoms with van der Waals surface area (Å²) in [6.45, 7) is 1.46. The van der Waals surface area contributed by atoms with Crippen molar-refractivity contribution in [3.05, 3.63) is 65.9 Å². The van der Waals surface area contributed by atoms with E-state index in [1.807, 2.05) is 12.3 Å². The van der Waals surface area contributed by atoms with Crippen LogP contribution in [0.1, 0.15) is 11.1 Å². The number of rotatable bonds is 4. The first-order valence-corrected chi connectivity index (χ1v) is 6.55. The summed E-state index contributed by atoms with van der Waals surface area (Å²) >= 11 is 0. The van der Waals surface area contributed by atoms with Gasteiger partial charge in [0.15, 0.2) is 0 Å². The third-order valence-corrected chi connectivity index (χ3v) is 3.40. The molecule has 0 fully saturated rings. The Labute approximate surface area is 112 Å². The van der Waals surface area contributed by atoms with Gasteiger partial charge in [-0.1, -0.05) is 42.5 Å². The van der Waals surface area contributed by atoms with E-state index < -0.39 is 0 Å². The molecule has 0 amide bonds. The van der Waals surface area contributed by atoms with Crippen LogP contribution in [0.25, 0.3) is 10.9 Å². The molecule has 2 aromatic carbocycles. The number of benzene rings is 2. The number of nitrogens with zero attached hydrogens (tertiary/aromatic N) is 2. The second kappa shape index (κ2) is 5.24. The van der Waals surface area contributed by atoms with Crippen molar-refractivity contribution < 1.29 is 0 Å². The maximum atomic E-state index is 5.70. The smallest absolute Gasteiger partial charge is 0.0685 e. The molecule has 3 aromatic rings. The molecule has 19 heavy (non-hydrogen) atoms. The van der Waals surface area contributed by atoms with E-state index >= 15 is 0 Å². The normalized spacial score (nSPS) is 11.0. The molecule has 0 saturated heterocycles.